The third-order valence-electron chi connectivity index (χ3n) is 3.39. The van der Waals surface area contributed by atoms with E-state index in [0.29, 0.717) is 12.8 Å². The molecular weight excluding hydrogens is 316 g/mol. The van der Waals surface area contributed by atoms with Crippen molar-refractivity contribution in [3.8, 4) is 0 Å². The van der Waals surface area contributed by atoms with Crippen LogP contribution in [0.5, 0.6) is 0 Å². The Balaban J connectivity index is 1.80. The zero-order valence-electron chi connectivity index (χ0n) is 10.5. The topological polar surface area (TPSA) is 20.3 Å². The van der Waals surface area contributed by atoms with E-state index >= 15 is 0 Å². The lowest BCUT2D eigenvalue weighted by atomic mass is 10.1. The van der Waals surface area contributed by atoms with Gasteiger partial charge in [-0.15, -0.1) is 0 Å². The number of alkyl halides is 2. The lowest BCUT2D eigenvalue weighted by Crippen LogP contribution is -2.42. The highest BCUT2D eigenvalue weighted by atomic mass is 79.9. The third-order valence-corrected chi connectivity index (χ3v) is 3.92. The smallest absolute Gasteiger partial charge is 0.251 e. The van der Waals surface area contributed by atoms with Gasteiger partial charge in [-0.1, -0.05) is 28.1 Å². The Labute approximate surface area is 119 Å². The van der Waals surface area contributed by atoms with Crippen molar-refractivity contribution in [1.82, 2.24) is 4.90 Å². The molecule has 19 heavy (non-hydrogen) atoms. The quantitative estimate of drug-likeness (QED) is 0.828. The second-order valence-electron chi connectivity index (χ2n) is 4.86. The lowest BCUT2D eigenvalue weighted by Gasteiger charge is -2.31. The standard InChI is InChI=1S/C14H16BrF2NO/c15-12-4-1-11(2-5-12)3-6-13(19)18-9-7-14(16,17)8-10-18/h1-2,4-5H,3,6-10H2. The van der Waals surface area contributed by atoms with Crippen LogP contribution in [0.2, 0.25) is 0 Å². The lowest BCUT2D eigenvalue weighted by molar-refractivity contribution is -0.137. The van der Waals surface area contributed by atoms with Gasteiger partial charge in [0, 0.05) is 36.8 Å². The van der Waals surface area contributed by atoms with Gasteiger partial charge >= 0.3 is 0 Å². The molecule has 0 bridgehead atoms. The zero-order valence-corrected chi connectivity index (χ0v) is 12.1. The van der Waals surface area contributed by atoms with Gasteiger partial charge in [-0.3, -0.25) is 4.79 Å². The van der Waals surface area contributed by atoms with Gasteiger partial charge < -0.3 is 4.90 Å². The summed E-state index contributed by atoms with van der Waals surface area (Å²) >= 11 is 3.35. The first-order valence-electron chi connectivity index (χ1n) is 6.36. The zero-order chi connectivity index (χ0) is 13.9. The van der Waals surface area contributed by atoms with Gasteiger partial charge in [0.2, 0.25) is 5.91 Å². The van der Waals surface area contributed by atoms with Crippen LogP contribution < -0.4 is 0 Å². The number of carbonyl (C=O) groups excluding carboxylic acids is 1. The van der Waals surface area contributed by atoms with Crippen molar-refractivity contribution in [2.45, 2.75) is 31.6 Å². The van der Waals surface area contributed by atoms with Crippen LogP contribution in [0, 0.1) is 0 Å². The summed E-state index contributed by atoms with van der Waals surface area (Å²) in [5.74, 6) is -2.62. The molecule has 1 amide bonds. The van der Waals surface area contributed by atoms with E-state index in [1.165, 1.54) is 0 Å². The molecule has 1 aliphatic rings. The Bertz CT molecular complexity index is 437. The predicted octanol–water partition coefficient (Wildman–Crippen LogP) is 3.64. The molecule has 0 unspecified atom stereocenters. The SMILES string of the molecule is O=C(CCc1ccc(Br)cc1)N1CCC(F)(F)CC1. The number of rotatable bonds is 3. The number of carbonyl (C=O) groups is 1. The Morgan fingerprint density at radius 3 is 2.37 bits per heavy atom. The molecule has 0 spiro atoms. The van der Waals surface area contributed by atoms with Crippen LogP contribution in [0.1, 0.15) is 24.8 Å². The van der Waals surface area contributed by atoms with Crippen LogP contribution in [-0.4, -0.2) is 29.8 Å². The average molecular weight is 332 g/mol. The molecule has 0 N–H and O–H groups in total. The molecule has 2 nitrogen and oxygen atoms in total. The summed E-state index contributed by atoms with van der Waals surface area (Å²) in [6.45, 7) is 0.346. The van der Waals surface area contributed by atoms with Crippen molar-refractivity contribution in [3.63, 3.8) is 0 Å². The molecule has 1 aliphatic heterocycles. The summed E-state index contributed by atoms with van der Waals surface area (Å²) < 4.78 is 27.0. The van der Waals surface area contributed by atoms with E-state index < -0.39 is 5.92 Å². The highest BCUT2D eigenvalue weighted by Crippen LogP contribution is 2.28. The number of likely N-dealkylation sites (tertiary alicyclic amines) is 1. The van der Waals surface area contributed by atoms with Gasteiger partial charge in [0.05, 0.1) is 0 Å². The summed E-state index contributed by atoms with van der Waals surface area (Å²) in [4.78, 5) is 13.5. The summed E-state index contributed by atoms with van der Waals surface area (Å²) in [6.07, 6.45) is 0.611. The average Bonchev–Trinajstić information content (AvgIpc) is 2.37. The number of benzene rings is 1. The van der Waals surface area contributed by atoms with E-state index in [-0.39, 0.29) is 31.8 Å². The molecule has 1 aromatic carbocycles. The molecule has 5 heteroatoms. The fraction of sp³-hybridized carbons (Fsp3) is 0.500. The number of nitrogens with zero attached hydrogens (tertiary/aromatic N) is 1. The predicted molar refractivity (Wildman–Crippen MR) is 73.2 cm³/mol. The molecule has 104 valence electrons. The molecule has 1 saturated heterocycles. The van der Waals surface area contributed by atoms with Crippen molar-refractivity contribution < 1.29 is 13.6 Å². The largest absolute Gasteiger partial charge is 0.342 e. The fourth-order valence-corrected chi connectivity index (χ4v) is 2.41. The molecule has 1 heterocycles. The normalized spacial score (nSPS) is 18.4. The molecular formula is C14H16BrF2NO. The van der Waals surface area contributed by atoms with E-state index in [4.69, 9.17) is 0 Å². The number of aryl methyl sites for hydroxylation is 1. The number of amides is 1. The molecule has 0 aromatic heterocycles. The van der Waals surface area contributed by atoms with Crippen molar-refractivity contribution >= 4 is 21.8 Å². The maximum Gasteiger partial charge on any atom is 0.251 e. The van der Waals surface area contributed by atoms with Gasteiger partial charge in [-0.2, -0.15) is 0 Å². The van der Waals surface area contributed by atoms with Gasteiger partial charge in [-0.25, -0.2) is 8.78 Å². The van der Waals surface area contributed by atoms with Crippen molar-refractivity contribution in [2.75, 3.05) is 13.1 Å². The van der Waals surface area contributed by atoms with E-state index in [1.807, 2.05) is 24.3 Å². The second-order valence-corrected chi connectivity index (χ2v) is 5.78. The van der Waals surface area contributed by atoms with Crippen LogP contribution in [0.25, 0.3) is 0 Å². The van der Waals surface area contributed by atoms with Crippen LogP contribution in [-0.2, 0) is 11.2 Å². The summed E-state index contributed by atoms with van der Waals surface area (Å²) in [5, 5.41) is 0. The van der Waals surface area contributed by atoms with Gasteiger partial charge in [0.25, 0.3) is 5.92 Å². The van der Waals surface area contributed by atoms with Crippen LogP contribution in [0.3, 0.4) is 0 Å². The van der Waals surface area contributed by atoms with Crippen molar-refractivity contribution in [1.29, 1.82) is 0 Å². The fourth-order valence-electron chi connectivity index (χ4n) is 2.14. The molecule has 0 aliphatic carbocycles. The second kappa shape index (κ2) is 5.99. The number of hydrogen-bond donors (Lipinski definition) is 0. The highest BCUT2D eigenvalue weighted by Gasteiger charge is 2.35. The number of piperidine rings is 1. The molecule has 1 aromatic rings. The molecule has 0 atom stereocenters. The minimum absolute atomic E-state index is 0.0292. The Morgan fingerprint density at radius 2 is 1.79 bits per heavy atom. The molecule has 1 fully saturated rings. The number of halogens is 3. The van der Waals surface area contributed by atoms with E-state index in [2.05, 4.69) is 15.9 Å². The Hall–Kier alpha value is -0.970. The van der Waals surface area contributed by atoms with E-state index in [1.54, 1.807) is 4.90 Å². The van der Waals surface area contributed by atoms with Crippen molar-refractivity contribution in [3.05, 3.63) is 34.3 Å². The summed E-state index contributed by atoms with van der Waals surface area (Å²) in [5.41, 5.74) is 1.08. The van der Waals surface area contributed by atoms with Gasteiger partial charge in [0.1, 0.15) is 0 Å². The maximum absolute atomic E-state index is 13.0. The van der Waals surface area contributed by atoms with Gasteiger partial charge in [-0.05, 0) is 24.1 Å². The first kappa shape index (κ1) is 14.4. The first-order chi connectivity index (χ1) is 8.96. The Morgan fingerprint density at radius 1 is 1.21 bits per heavy atom. The monoisotopic (exact) mass is 331 g/mol. The highest BCUT2D eigenvalue weighted by molar-refractivity contribution is 9.10. The Kier molecular flexibility index (Phi) is 4.55. The molecule has 0 saturated carbocycles. The minimum atomic E-state index is -2.59. The van der Waals surface area contributed by atoms with E-state index in [0.717, 1.165) is 10.0 Å². The first-order valence-corrected chi connectivity index (χ1v) is 7.16. The molecule has 2 rings (SSSR count). The third kappa shape index (κ3) is 4.27. The summed E-state index contributed by atoms with van der Waals surface area (Å²) in [7, 11) is 0. The minimum Gasteiger partial charge on any atom is -0.342 e. The summed E-state index contributed by atoms with van der Waals surface area (Å²) in [6, 6.07) is 7.78. The maximum atomic E-state index is 13.0. The molecule has 0 radical (unpaired) electrons. The van der Waals surface area contributed by atoms with Crippen LogP contribution in [0.15, 0.2) is 28.7 Å². The van der Waals surface area contributed by atoms with Crippen LogP contribution in [0.4, 0.5) is 8.78 Å². The van der Waals surface area contributed by atoms with E-state index in [9.17, 15) is 13.6 Å². The van der Waals surface area contributed by atoms with Gasteiger partial charge in [0.15, 0.2) is 0 Å². The van der Waals surface area contributed by atoms with Crippen molar-refractivity contribution in [2.24, 2.45) is 0 Å². The van der Waals surface area contributed by atoms with Crippen LogP contribution >= 0.6 is 15.9 Å². The number of hydrogen-bond acceptors (Lipinski definition) is 1.